The number of nitrogens with one attached hydrogen (secondary N) is 1. The summed E-state index contributed by atoms with van der Waals surface area (Å²) in [5, 5.41) is 6.78. The lowest BCUT2D eigenvalue weighted by atomic mass is 9.86. The van der Waals surface area contributed by atoms with Crippen molar-refractivity contribution in [2.75, 3.05) is 5.88 Å². The molecule has 0 saturated carbocycles. The molecule has 1 aliphatic heterocycles. The van der Waals surface area contributed by atoms with E-state index in [0.29, 0.717) is 17.0 Å². The number of nitrogens with zero attached hydrogens (tertiary/aromatic N) is 1. The topological polar surface area (TPSA) is 50.7 Å². The fraction of sp³-hybridized carbons (Fsp3) is 0.200. The van der Waals surface area contributed by atoms with E-state index in [1.165, 1.54) is 30.0 Å². The van der Waals surface area contributed by atoms with Crippen LogP contribution in [-0.4, -0.2) is 23.7 Å². The molecule has 1 heterocycles. The van der Waals surface area contributed by atoms with E-state index in [9.17, 15) is 18.0 Å². The van der Waals surface area contributed by atoms with E-state index in [1.54, 1.807) is 42.5 Å². The second kappa shape index (κ2) is 10.1. The molecule has 4 nitrogen and oxygen atoms in total. The van der Waals surface area contributed by atoms with Gasteiger partial charge in [0.1, 0.15) is 0 Å². The Bertz CT molecular complexity index is 1270. The summed E-state index contributed by atoms with van der Waals surface area (Å²) in [7, 11) is 0. The zero-order valence-electron chi connectivity index (χ0n) is 18.3. The summed E-state index contributed by atoms with van der Waals surface area (Å²) in [6, 6.07) is 17.8. The molecule has 35 heavy (non-hydrogen) atoms. The molecule has 1 atom stereocenters. The summed E-state index contributed by atoms with van der Waals surface area (Å²) in [6.07, 6.45) is -5.28. The molecule has 1 aliphatic rings. The third-order valence-corrected chi connectivity index (χ3v) is 7.01. The summed E-state index contributed by atoms with van der Waals surface area (Å²) >= 11 is 13.3. The van der Waals surface area contributed by atoms with Gasteiger partial charge in [-0.1, -0.05) is 52.6 Å². The Balaban J connectivity index is 1.48. The number of hydrogen-bond donors (Lipinski definition) is 1. The molecule has 1 unspecified atom stereocenters. The minimum Gasteiger partial charge on any atom is -0.374 e. The molecule has 0 saturated heterocycles. The van der Waals surface area contributed by atoms with Gasteiger partial charge in [0.25, 0.3) is 11.5 Å². The third kappa shape index (κ3) is 5.44. The molecule has 0 radical (unpaired) electrons. The van der Waals surface area contributed by atoms with Crippen LogP contribution in [0.3, 0.4) is 0 Å². The quantitative estimate of drug-likeness (QED) is 0.263. The molecule has 182 valence electrons. The molecule has 3 aromatic rings. The van der Waals surface area contributed by atoms with Crippen LogP contribution in [0.4, 0.5) is 13.2 Å². The van der Waals surface area contributed by atoms with E-state index in [1.807, 2.05) is 13.0 Å². The maximum Gasteiger partial charge on any atom is 0.435 e. The lowest BCUT2D eigenvalue weighted by Gasteiger charge is -2.29. The van der Waals surface area contributed by atoms with Crippen LogP contribution >= 0.6 is 35.0 Å². The zero-order chi connectivity index (χ0) is 25.2. The number of carbonyl (C=O) groups excluding carboxylic acids is 1. The summed E-state index contributed by atoms with van der Waals surface area (Å²) in [4.78, 5) is 18.1. The van der Waals surface area contributed by atoms with Crippen molar-refractivity contribution >= 4 is 46.6 Å². The number of oxime groups is 1. The van der Waals surface area contributed by atoms with Crippen LogP contribution in [-0.2, 0) is 10.4 Å². The molecule has 3 aromatic carbocycles. The van der Waals surface area contributed by atoms with Gasteiger partial charge in [-0.05, 0) is 60.5 Å². The first-order chi connectivity index (χ1) is 16.6. The van der Waals surface area contributed by atoms with Crippen molar-refractivity contribution in [1.82, 2.24) is 5.32 Å². The predicted octanol–water partition coefficient (Wildman–Crippen LogP) is 7.36. The molecule has 1 amide bonds. The van der Waals surface area contributed by atoms with Gasteiger partial charge >= 0.3 is 6.18 Å². The largest absolute Gasteiger partial charge is 0.435 e. The Labute approximate surface area is 214 Å². The number of rotatable bonds is 6. The van der Waals surface area contributed by atoms with Gasteiger partial charge in [-0.25, -0.2) is 0 Å². The number of thioether (sulfide) groups is 1. The minimum atomic E-state index is -4.76. The molecular weight excluding hydrogens is 520 g/mol. The lowest BCUT2D eigenvalue weighted by molar-refractivity contribution is -0.275. The van der Waals surface area contributed by atoms with Crippen molar-refractivity contribution in [2.45, 2.75) is 30.0 Å². The van der Waals surface area contributed by atoms with Gasteiger partial charge < -0.3 is 10.2 Å². The average Bonchev–Trinajstić information content (AvgIpc) is 3.27. The number of aryl methyl sites for hydroxylation is 1. The zero-order valence-corrected chi connectivity index (χ0v) is 20.7. The second-order valence-corrected chi connectivity index (χ2v) is 9.82. The van der Waals surface area contributed by atoms with E-state index in [0.717, 1.165) is 10.5 Å². The van der Waals surface area contributed by atoms with Crippen LogP contribution in [0.15, 0.2) is 76.8 Å². The van der Waals surface area contributed by atoms with Crippen LogP contribution in [0.25, 0.3) is 0 Å². The van der Waals surface area contributed by atoms with Gasteiger partial charge in [0.05, 0.1) is 11.6 Å². The van der Waals surface area contributed by atoms with Gasteiger partial charge in [0.15, 0.2) is 0 Å². The Morgan fingerprint density at radius 2 is 1.77 bits per heavy atom. The smallest absolute Gasteiger partial charge is 0.374 e. The summed E-state index contributed by atoms with van der Waals surface area (Å²) in [5.74, 6) is 0.152. The van der Waals surface area contributed by atoms with Crippen molar-refractivity contribution in [1.29, 1.82) is 0 Å². The highest BCUT2D eigenvalue weighted by atomic mass is 35.5. The number of hydrogen-bond acceptors (Lipinski definition) is 4. The number of carbonyl (C=O) groups is 1. The van der Waals surface area contributed by atoms with Crippen molar-refractivity contribution < 1.29 is 22.8 Å². The summed E-state index contributed by atoms with van der Waals surface area (Å²) < 4.78 is 42.6. The van der Waals surface area contributed by atoms with Gasteiger partial charge in [0, 0.05) is 32.5 Å². The first kappa shape index (κ1) is 25.4. The molecule has 0 bridgehead atoms. The Morgan fingerprint density at radius 3 is 2.40 bits per heavy atom. The molecule has 4 rings (SSSR count). The number of halogens is 5. The molecule has 0 fully saturated rings. The SMILES string of the molecule is Cc1cc(C2=NOC(c3cc(Cl)cc(Cl)c3)(C(F)(F)F)C2)ccc1SCNC(=O)c1ccccc1. The van der Waals surface area contributed by atoms with Crippen molar-refractivity contribution in [3.8, 4) is 0 Å². The molecule has 0 spiro atoms. The average molecular weight is 539 g/mol. The Morgan fingerprint density at radius 1 is 1.09 bits per heavy atom. The third-order valence-electron chi connectivity index (χ3n) is 5.52. The molecular formula is C25H19Cl2F3N2O2S. The summed E-state index contributed by atoms with van der Waals surface area (Å²) in [5.41, 5.74) is -0.817. The first-order valence-corrected chi connectivity index (χ1v) is 12.2. The number of benzene rings is 3. The van der Waals surface area contributed by atoms with Crippen molar-refractivity contribution in [3.63, 3.8) is 0 Å². The Hall–Kier alpha value is -2.68. The molecule has 0 aromatic heterocycles. The lowest BCUT2D eigenvalue weighted by Crippen LogP contribution is -2.42. The van der Waals surface area contributed by atoms with E-state index in [2.05, 4.69) is 10.5 Å². The normalized spacial score (nSPS) is 17.6. The maximum absolute atomic E-state index is 14.2. The standard InChI is InChI=1S/C25H19Cl2F3N2O2S/c1-15-9-17(7-8-22(15)35-14-31-23(33)16-5-3-2-4-6-16)21-13-24(34-32-21,25(28,29)30)18-10-19(26)12-20(27)11-18/h2-12H,13-14H2,1H3,(H,31,33). The van der Waals surface area contributed by atoms with Crippen molar-refractivity contribution in [3.05, 3.63) is 99.0 Å². The molecule has 10 heteroatoms. The van der Waals surface area contributed by atoms with Crippen LogP contribution in [0.1, 0.15) is 33.5 Å². The molecule has 0 aliphatic carbocycles. The van der Waals surface area contributed by atoms with Crippen LogP contribution in [0, 0.1) is 6.92 Å². The van der Waals surface area contributed by atoms with Crippen molar-refractivity contribution in [2.24, 2.45) is 5.16 Å². The Kier molecular flexibility index (Phi) is 7.35. The van der Waals surface area contributed by atoms with Gasteiger partial charge in [-0.15, -0.1) is 11.8 Å². The number of amides is 1. The van der Waals surface area contributed by atoms with Crippen LogP contribution in [0.2, 0.25) is 10.0 Å². The first-order valence-electron chi connectivity index (χ1n) is 10.4. The highest BCUT2D eigenvalue weighted by Crippen LogP contribution is 2.49. The maximum atomic E-state index is 14.2. The van der Waals surface area contributed by atoms with Crippen LogP contribution < -0.4 is 5.32 Å². The summed E-state index contributed by atoms with van der Waals surface area (Å²) in [6.45, 7) is 1.84. The fourth-order valence-electron chi connectivity index (χ4n) is 3.71. The van der Waals surface area contributed by atoms with E-state index >= 15 is 0 Å². The van der Waals surface area contributed by atoms with E-state index in [4.69, 9.17) is 28.0 Å². The van der Waals surface area contributed by atoms with Crippen LogP contribution in [0.5, 0.6) is 0 Å². The van der Waals surface area contributed by atoms with Gasteiger partial charge in [-0.3, -0.25) is 4.79 Å². The highest BCUT2D eigenvalue weighted by Gasteiger charge is 2.62. The van der Waals surface area contributed by atoms with Gasteiger partial charge in [0.2, 0.25) is 0 Å². The van der Waals surface area contributed by atoms with Gasteiger partial charge in [-0.2, -0.15) is 13.2 Å². The second-order valence-electron chi connectivity index (χ2n) is 7.93. The fourth-order valence-corrected chi connectivity index (χ4v) is 5.04. The monoisotopic (exact) mass is 538 g/mol. The molecule has 1 N–H and O–H groups in total. The van der Waals surface area contributed by atoms with E-state index in [-0.39, 0.29) is 27.2 Å². The number of alkyl halides is 3. The highest BCUT2D eigenvalue weighted by molar-refractivity contribution is 7.99. The minimum absolute atomic E-state index is 0.0738. The predicted molar refractivity (Wildman–Crippen MR) is 132 cm³/mol. The van der Waals surface area contributed by atoms with E-state index < -0.39 is 18.2 Å².